The number of thiophene rings is 1. The van der Waals surface area contributed by atoms with Crippen LogP contribution < -0.4 is 16.6 Å². The summed E-state index contributed by atoms with van der Waals surface area (Å²) in [6, 6.07) is 12.3. The van der Waals surface area contributed by atoms with Gasteiger partial charge in [0, 0.05) is 38.6 Å². The minimum absolute atomic E-state index is 0.0156. The topological polar surface area (TPSA) is 87.2 Å². The number of nitrogens with zero attached hydrogens (tertiary/aromatic N) is 2. The summed E-state index contributed by atoms with van der Waals surface area (Å²) in [4.78, 5) is 42.0. The van der Waals surface area contributed by atoms with Gasteiger partial charge in [-0.25, -0.2) is 4.79 Å². The predicted octanol–water partition coefficient (Wildman–Crippen LogP) is 2.31. The second kappa shape index (κ2) is 9.40. The summed E-state index contributed by atoms with van der Waals surface area (Å²) < 4.78 is 1.73. The first-order valence-corrected chi connectivity index (χ1v) is 11.2. The molecule has 0 unspecified atom stereocenters. The number of hydrogen-bond donors (Lipinski definition) is 2. The molecule has 0 atom stereocenters. The summed E-state index contributed by atoms with van der Waals surface area (Å²) in [6.07, 6.45) is 2.64. The van der Waals surface area contributed by atoms with Crippen molar-refractivity contribution >= 4 is 27.5 Å². The third-order valence-electron chi connectivity index (χ3n) is 5.58. The van der Waals surface area contributed by atoms with Gasteiger partial charge in [0.05, 0.1) is 5.52 Å². The van der Waals surface area contributed by atoms with E-state index in [-0.39, 0.29) is 24.1 Å². The lowest BCUT2D eigenvalue weighted by Gasteiger charge is -2.32. The molecular weight excluding hydrogens is 400 g/mol. The van der Waals surface area contributed by atoms with Crippen molar-refractivity contribution in [2.45, 2.75) is 44.8 Å². The molecule has 4 rings (SSSR count). The standard InChI is InChI=1S/C22H26N4O3S/c27-19(7-4-11-26-21(28)20-18(10-14-30-20)24-22(26)29)23-17-8-12-25(13-9-17)15-16-5-2-1-3-6-16/h1-3,5-6,10,14,17H,4,7-9,11-13,15H2,(H,23,27)(H,24,29). The molecule has 3 heterocycles. The minimum atomic E-state index is -0.419. The van der Waals surface area contributed by atoms with Crippen LogP contribution in [0.3, 0.4) is 0 Å². The second-order valence-electron chi connectivity index (χ2n) is 7.76. The van der Waals surface area contributed by atoms with E-state index >= 15 is 0 Å². The zero-order valence-electron chi connectivity index (χ0n) is 16.8. The highest BCUT2D eigenvalue weighted by atomic mass is 32.1. The molecule has 0 spiro atoms. The molecule has 1 fully saturated rings. The fourth-order valence-corrected chi connectivity index (χ4v) is 4.75. The normalized spacial score (nSPS) is 15.5. The number of aromatic nitrogens is 2. The van der Waals surface area contributed by atoms with Crippen molar-refractivity contribution < 1.29 is 4.79 Å². The van der Waals surface area contributed by atoms with Gasteiger partial charge in [-0.2, -0.15) is 0 Å². The number of amides is 1. The van der Waals surface area contributed by atoms with Gasteiger partial charge in [0.15, 0.2) is 0 Å². The quantitative estimate of drug-likeness (QED) is 0.607. The summed E-state index contributed by atoms with van der Waals surface area (Å²) in [7, 11) is 0. The van der Waals surface area contributed by atoms with Gasteiger partial charge in [-0.3, -0.25) is 19.1 Å². The molecule has 2 N–H and O–H groups in total. The van der Waals surface area contributed by atoms with Crippen molar-refractivity contribution in [2.24, 2.45) is 0 Å². The molecule has 0 saturated carbocycles. The largest absolute Gasteiger partial charge is 0.353 e. The van der Waals surface area contributed by atoms with Crippen LogP contribution in [0.2, 0.25) is 0 Å². The number of benzene rings is 1. The number of hydrogen-bond acceptors (Lipinski definition) is 5. The fraction of sp³-hybridized carbons (Fsp3) is 0.409. The third kappa shape index (κ3) is 4.88. The first-order valence-electron chi connectivity index (χ1n) is 10.4. The van der Waals surface area contributed by atoms with E-state index in [1.165, 1.54) is 21.5 Å². The minimum Gasteiger partial charge on any atom is -0.353 e. The molecule has 1 amide bonds. The van der Waals surface area contributed by atoms with Gasteiger partial charge in [0.2, 0.25) is 5.91 Å². The summed E-state index contributed by atoms with van der Waals surface area (Å²) in [6.45, 7) is 3.11. The monoisotopic (exact) mass is 426 g/mol. The second-order valence-corrected chi connectivity index (χ2v) is 8.67. The van der Waals surface area contributed by atoms with Crippen LogP contribution in [-0.2, 0) is 17.9 Å². The number of likely N-dealkylation sites (tertiary alicyclic amines) is 1. The van der Waals surface area contributed by atoms with E-state index in [1.807, 2.05) is 6.07 Å². The molecule has 1 aliphatic rings. The first kappa shape index (κ1) is 20.6. The van der Waals surface area contributed by atoms with Crippen LogP contribution in [0.1, 0.15) is 31.2 Å². The highest BCUT2D eigenvalue weighted by Gasteiger charge is 2.20. The first-order chi connectivity index (χ1) is 14.6. The van der Waals surface area contributed by atoms with Crippen LogP contribution in [0.15, 0.2) is 51.4 Å². The Hall–Kier alpha value is -2.71. The SMILES string of the molecule is O=C(CCCn1c(=O)[nH]c2ccsc2c1=O)NC1CCN(Cc2ccccc2)CC1. The van der Waals surface area contributed by atoms with Gasteiger partial charge in [0.1, 0.15) is 4.70 Å². The molecule has 7 nitrogen and oxygen atoms in total. The molecule has 3 aromatic rings. The molecule has 1 saturated heterocycles. The van der Waals surface area contributed by atoms with E-state index in [0.29, 0.717) is 23.1 Å². The van der Waals surface area contributed by atoms with E-state index in [2.05, 4.69) is 39.5 Å². The molecule has 8 heteroatoms. The Balaban J connectivity index is 1.21. The van der Waals surface area contributed by atoms with Crippen LogP contribution >= 0.6 is 11.3 Å². The van der Waals surface area contributed by atoms with Gasteiger partial charge < -0.3 is 10.3 Å². The van der Waals surface area contributed by atoms with Crippen molar-refractivity contribution in [2.75, 3.05) is 13.1 Å². The van der Waals surface area contributed by atoms with E-state index in [0.717, 1.165) is 32.5 Å². The summed E-state index contributed by atoms with van der Waals surface area (Å²) in [5, 5.41) is 4.89. The molecule has 2 aromatic heterocycles. The zero-order valence-corrected chi connectivity index (χ0v) is 17.6. The van der Waals surface area contributed by atoms with Crippen LogP contribution in [0.25, 0.3) is 10.2 Å². The maximum absolute atomic E-state index is 12.4. The van der Waals surface area contributed by atoms with E-state index in [4.69, 9.17) is 0 Å². The van der Waals surface area contributed by atoms with E-state index in [1.54, 1.807) is 11.4 Å². The number of aromatic amines is 1. The molecule has 0 bridgehead atoms. The number of carbonyl (C=O) groups excluding carboxylic acids is 1. The summed E-state index contributed by atoms with van der Waals surface area (Å²) in [5.41, 5.74) is 1.18. The average molecular weight is 427 g/mol. The molecule has 158 valence electrons. The maximum atomic E-state index is 12.4. The van der Waals surface area contributed by atoms with Gasteiger partial charge >= 0.3 is 5.69 Å². The average Bonchev–Trinajstić information content (AvgIpc) is 3.21. The Labute approximate surface area is 178 Å². The highest BCUT2D eigenvalue weighted by molar-refractivity contribution is 7.17. The third-order valence-corrected chi connectivity index (χ3v) is 6.48. The number of piperidine rings is 1. The Kier molecular flexibility index (Phi) is 6.44. The van der Waals surface area contributed by atoms with Crippen molar-refractivity contribution in [3.63, 3.8) is 0 Å². The maximum Gasteiger partial charge on any atom is 0.328 e. The van der Waals surface area contributed by atoms with E-state index < -0.39 is 5.69 Å². The number of carbonyl (C=O) groups is 1. The Morgan fingerprint density at radius 1 is 1.13 bits per heavy atom. The van der Waals surface area contributed by atoms with E-state index in [9.17, 15) is 14.4 Å². The highest BCUT2D eigenvalue weighted by Crippen LogP contribution is 2.14. The van der Waals surface area contributed by atoms with Crippen LogP contribution in [0.5, 0.6) is 0 Å². The summed E-state index contributed by atoms with van der Waals surface area (Å²) in [5.74, 6) is -0.0156. The zero-order chi connectivity index (χ0) is 20.9. The lowest BCUT2D eigenvalue weighted by Crippen LogP contribution is -2.44. The molecule has 0 radical (unpaired) electrons. The number of fused-ring (bicyclic) bond motifs is 1. The van der Waals surface area contributed by atoms with Crippen molar-refractivity contribution in [1.29, 1.82) is 0 Å². The summed E-state index contributed by atoms with van der Waals surface area (Å²) >= 11 is 1.31. The van der Waals surface area contributed by atoms with Gasteiger partial charge in [-0.05, 0) is 36.3 Å². The molecule has 1 aliphatic heterocycles. The number of rotatable bonds is 7. The van der Waals surface area contributed by atoms with Gasteiger partial charge in [-0.1, -0.05) is 30.3 Å². The fourth-order valence-electron chi connectivity index (χ4n) is 3.95. The van der Waals surface area contributed by atoms with Crippen LogP contribution in [0, 0.1) is 0 Å². The number of H-pyrrole nitrogens is 1. The molecule has 0 aliphatic carbocycles. The van der Waals surface area contributed by atoms with Crippen molar-refractivity contribution in [3.8, 4) is 0 Å². The Morgan fingerprint density at radius 2 is 1.90 bits per heavy atom. The molecule has 30 heavy (non-hydrogen) atoms. The van der Waals surface area contributed by atoms with Crippen LogP contribution in [-0.4, -0.2) is 39.5 Å². The van der Waals surface area contributed by atoms with Gasteiger partial charge in [0.25, 0.3) is 5.56 Å². The molecule has 1 aromatic carbocycles. The Bertz CT molecular complexity index is 1110. The smallest absolute Gasteiger partial charge is 0.328 e. The lowest BCUT2D eigenvalue weighted by molar-refractivity contribution is -0.122. The molecular formula is C22H26N4O3S. The predicted molar refractivity (Wildman–Crippen MR) is 119 cm³/mol. The van der Waals surface area contributed by atoms with Crippen molar-refractivity contribution in [3.05, 3.63) is 68.2 Å². The Morgan fingerprint density at radius 3 is 2.67 bits per heavy atom. The number of nitrogens with one attached hydrogen (secondary N) is 2. The lowest BCUT2D eigenvalue weighted by atomic mass is 10.0. The van der Waals surface area contributed by atoms with Crippen molar-refractivity contribution in [1.82, 2.24) is 19.8 Å². The van der Waals surface area contributed by atoms with Crippen LogP contribution in [0.4, 0.5) is 0 Å². The van der Waals surface area contributed by atoms with Gasteiger partial charge in [-0.15, -0.1) is 11.3 Å².